The summed E-state index contributed by atoms with van der Waals surface area (Å²) in [6.45, 7) is 7.37. The van der Waals surface area contributed by atoms with Crippen molar-refractivity contribution in [1.82, 2.24) is 19.1 Å². The van der Waals surface area contributed by atoms with Crippen molar-refractivity contribution < 1.29 is 4.74 Å². The molecule has 290 valence electrons. The largest absolute Gasteiger partial charge is 0.481 e. The zero-order valence-electron chi connectivity index (χ0n) is 33.1. The molecule has 0 amide bonds. The molecular formula is C50H40Cl2N6O. The van der Waals surface area contributed by atoms with Crippen LogP contribution in [-0.2, 0) is 13.1 Å². The smallest absolute Gasteiger partial charge is 0.212 e. The number of pyridine rings is 2. The number of ether oxygens (including phenoxy) is 1. The van der Waals surface area contributed by atoms with Gasteiger partial charge < -0.3 is 13.9 Å². The van der Waals surface area contributed by atoms with Crippen LogP contribution in [0.5, 0.6) is 5.88 Å². The van der Waals surface area contributed by atoms with Crippen LogP contribution < -0.4 is 4.74 Å². The molecule has 9 heteroatoms. The third kappa shape index (κ3) is 9.63. The number of hydrogen-bond donors (Lipinski definition) is 0. The molecule has 0 saturated heterocycles. The van der Waals surface area contributed by atoms with Crippen LogP contribution >= 0.6 is 23.2 Å². The van der Waals surface area contributed by atoms with Crippen LogP contribution in [0.4, 0.5) is 0 Å². The fourth-order valence-corrected chi connectivity index (χ4v) is 7.16. The number of rotatable bonds is 9. The minimum atomic E-state index is 0.583. The molecule has 4 aromatic heterocycles. The lowest BCUT2D eigenvalue weighted by atomic mass is 10.0. The molecule has 8 aromatic rings. The Labute approximate surface area is 354 Å². The summed E-state index contributed by atoms with van der Waals surface area (Å²) in [5, 5.41) is 23.0. The Morgan fingerprint density at radius 1 is 0.610 bits per heavy atom. The predicted molar refractivity (Wildman–Crippen MR) is 241 cm³/mol. The Morgan fingerprint density at radius 3 is 1.46 bits per heavy atom. The molecule has 0 aliphatic heterocycles. The highest BCUT2D eigenvalue weighted by molar-refractivity contribution is 6.31. The van der Waals surface area contributed by atoms with Crippen molar-refractivity contribution in [2.24, 2.45) is 0 Å². The number of nitrogens with zero attached hydrogens (tertiary/aromatic N) is 6. The third-order valence-electron chi connectivity index (χ3n) is 10.0. The number of fused-ring (bicyclic) bond motifs is 2. The molecular weight excluding hydrogens is 771 g/mol. The molecule has 0 bridgehead atoms. The van der Waals surface area contributed by atoms with E-state index in [4.69, 9.17) is 27.9 Å². The lowest BCUT2D eigenvalue weighted by molar-refractivity contribution is 0.397. The van der Waals surface area contributed by atoms with Gasteiger partial charge in [0.2, 0.25) is 5.88 Å². The molecule has 0 saturated carbocycles. The number of aryl methyl sites for hydroxylation is 3. The summed E-state index contributed by atoms with van der Waals surface area (Å²) in [5.41, 5.74) is 12.6. The van der Waals surface area contributed by atoms with Crippen LogP contribution in [0, 0.1) is 43.4 Å². The zero-order chi connectivity index (χ0) is 41.5. The zero-order valence-corrected chi connectivity index (χ0v) is 34.6. The molecule has 4 heterocycles. The van der Waals surface area contributed by atoms with Crippen molar-refractivity contribution in [3.05, 3.63) is 194 Å². The van der Waals surface area contributed by atoms with E-state index in [1.165, 1.54) is 5.56 Å². The van der Waals surface area contributed by atoms with Crippen molar-refractivity contribution in [2.45, 2.75) is 33.9 Å². The van der Waals surface area contributed by atoms with E-state index in [1.54, 1.807) is 13.3 Å². The summed E-state index contributed by atoms with van der Waals surface area (Å²) in [7, 11) is 1.60. The van der Waals surface area contributed by atoms with Gasteiger partial charge in [0, 0.05) is 81.6 Å². The third-order valence-corrected chi connectivity index (χ3v) is 10.5. The normalized spacial score (nSPS) is 11.5. The van der Waals surface area contributed by atoms with E-state index in [-0.39, 0.29) is 0 Å². The molecule has 0 unspecified atom stereocenters. The molecule has 59 heavy (non-hydrogen) atoms. The number of methoxy groups -OCH3 is 1. The van der Waals surface area contributed by atoms with Gasteiger partial charge in [-0.3, -0.25) is 4.98 Å². The molecule has 0 fully saturated rings. The van der Waals surface area contributed by atoms with Crippen LogP contribution in [0.25, 0.3) is 45.1 Å². The maximum absolute atomic E-state index is 9.75. The number of benzene rings is 4. The van der Waals surface area contributed by atoms with E-state index >= 15 is 0 Å². The van der Waals surface area contributed by atoms with Gasteiger partial charge in [0.05, 0.1) is 41.4 Å². The summed E-state index contributed by atoms with van der Waals surface area (Å²) in [5.74, 6) is 0.583. The topological polar surface area (TPSA) is 92.5 Å². The summed E-state index contributed by atoms with van der Waals surface area (Å²) in [6, 6.07) is 40.3. The second kappa shape index (κ2) is 18.1. The predicted octanol–water partition coefficient (Wildman–Crippen LogP) is 12.5. The van der Waals surface area contributed by atoms with Gasteiger partial charge in [-0.1, -0.05) is 107 Å². The number of aromatic nitrogens is 4. The average molecular weight is 812 g/mol. The van der Waals surface area contributed by atoms with Crippen LogP contribution in [-0.4, -0.2) is 26.2 Å². The Morgan fingerprint density at radius 2 is 1.07 bits per heavy atom. The fraction of sp³-hybridized carbons (Fsp3) is 0.120. The van der Waals surface area contributed by atoms with Crippen LogP contribution in [0.2, 0.25) is 10.0 Å². The number of allylic oxidation sites excluding steroid dienone is 2. The van der Waals surface area contributed by atoms with Crippen LogP contribution in [0.1, 0.15) is 50.2 Å². The Bertz CT molecular complexity index is 2910. The first-order valence-corrected chi connectivity index (χ1v) is 19.7. The Kier molecular flexibility index (Phi) is 12.4. The molecule has 0 aliphatic carbocycles. The molecule has 8 rings (SSSR count). The van der Waals surface area contributed by atoms with Crippen molar-refractivity contribution in [3.8, 4) is 18.0 Å². The number of halogens is 2. The van der Waals surface area contributed by atoms with Gasteiger partial charge in [-0.15, -0.1) is 0 Å². The van der Waals surface area contributed by atoms with Crippen molar-refractivity contribution in [1.29, 1.82) is 10.5 Å². The molecule has 0 N–H and O–H groups in total. The lowest BCUT2D eigenvalue weighted by Gasteiger charge is -2.06. The van der Waals surface area contributed by atoms with Crippen molar-refractivity contribution in [2.75, 3.05) is 7.11 Å². The Balaban J connectivity index is 0.000000179. The van der Waals surface area contributed by atoms with E-state index < -0.39 is 0 Å². The van der Waals surface area contributed by atoms with Gasteiger partial charge in [0.1, 0.15) is 0 Å². The van der Waals surface area contributed by atoms with Crippen LogP contribution in [0.3, 0.4) is 0 Å². The first-order valence-electron chi connectivity index (χ1n) is 19.0. The second-order valence-electron chi connectivity index (χ2n) is 14.3. The highest BCUT2D eigenvalue weighted by Crippen LogP contribution is 2.31. The quantitative estimate of drug-likeness (QED) is 0.135. The van der Waals surface area contributed by atoms with Gasteiger partial charge in [-0.25, -0.2) is 4.98 Å². The molecule has 0 atom stereocenters. The average Bonchev–Trinajstić information content (AvgIpc) is 3.76. The van der Waals surface area contributed by atoms with Crippen LogP contribution in [0.15, 0.2) is 134 Å². The maximum atomic E-state index is 9.75. The van der Waals surface area contributed by atoms with Crippen molar-refractivity contribution in [3.63, 3.8) is 0 Å². The van der Waals surface area contributed by atoms with Gasteiger partial charge in [0.25, 0.3) is 0 Å². The lowest BCUT2D eigenvalue weighted by Crippen LogP contribution is -1.99. The van der Waals surface area contributed by atoms with Crippen molar-refractivity contribution >= 4 is 68.3 Å². The van der Waals surface area contributed by atoms with E-state index in [2.05, 4.69) is 49.7 Å². The first kappa shape index (κ1) is 40.3. The minimum absolute atomic E-state index is 0.583. The molecule has 0 aliphatic rings. The van der Waals surface area contributed by atoms with Gasteiger partial charge in [0.15, 0.2) is 0 Å². The maximum Gasteiger partial charge on any atom is 0.212 e. The Hall–Kier alpha value is -6.90. The summed E-state index contributed by atoms with van der Waals surface area (Å²) in [6.07, 6.45) is 11.7. The summed E-state index contributed by atoms with van der Waals surface area (Å²) < 4.78 is 9.42. The minimum Gasteiger partial charge on any atom is -0.481 e. The molecule has 0 spiro atoms. The highest BCUT2D eigenvalue weighted by Gasteiger charge is 2.13. The summed E-state index contributed by atoms with van der Waals surface area (Å²) in [4.78, 5) is 8.68. The summed E-state index contributed by atoms with van der Waals surface area (Å²) >= 11 is 12.6. The van der Waals surface area contributed by atoms with Gasteiger partial charge in [-0.2, -0.15) is 10.5 Å². The molecule has 4 aromatic carbocycles. The first-order chi connectivity index (χ1) is 28.6. The molecule has 7 nitrogen and oxygen atoms in total. The van der Waals surface area contributed by atoms with Gasteiger partial charge >= 0.3 is 0 Å². The van der Waals surface area contributed by atoms with E-state index in [9.17, 15) is 10.5 Å². The number of hydrogen-bond acceptors (Lipinski definition) is 5. The van der Waals surface area contributed by atoms with E-state index in [0.29, 0.717) is 40.2 Å². The monoisotopic (exact) mass is 810 g/mol. The molecule has 0 radical (unpaired) electrons. The van der Waals surface area contributed by atoms with E-state index in [0.717, 1.165) is 66.4 Å². The number of nitriles is 2. The SMILES string of the molecule is COc1ccc(Cn2cc(/C=C(\C#N)c3ccc(C)cc3)c3ccc(Cl)cc32)cn1.Cc1ccc(/C(C#N)=C/c2cn(Cc3ccc(C)nc3)c3cc(Cl)ccc23)cc1. The van der Waals surface area contributed by atoms with Gasteiger partial charge in [-0.05, 0) is 85.5 Å². The van der Waals surface area contributed by atoms with E-state index in [1.807, 2.05) is 142 Å². The standard InChI is InChI=1S/C25H20ClN3O.C25H20ClN3/c1-17-3-6-19(7-4-17)20(13-27)11-21-16-29(24-12-22(26)8-9-23(21)24)15-18-5-10-25(30-2)28-14-18;1-17-3-7-20(8-4-17)21(13-27)11-22-16-29(15-19-6-5-18(2)28-14-19)25-12-23(26)9-10-24(22)25/h3-12,14,16H,15H2,1-2H3;3-12,14,16H,15H2,1-2H3/b20-11+;21-11+. The fourth-order valence-electron chi connectivity index (χ4n) is 6.83. The highest BCUT2D eigenvalue weighted by atomic mass is 35.5. The second-order valence-corrected chi connectivity index (χ2v) is 15.2.